The summed E-state index contributed by atoms with van der Waals surface area (Å²) in [6.07, 6.45) is 3.97. The van der Waals surface area contributed by atoms with E-state index in [0.717, 1.165) is 29.8 Å². The fourth-order valence-corrected chi connectivity index (χ4v) is 2.18. The van der Waals surface area contributed by atoms with Crippen LogP contribution >= 0.6 is 0 Å². The van der Waals surface area contributed by atoms with E-state index in [4.69, 9.17) is 10.5 Å². The molecule has 2 rings (SSSR count). The summed E-state index contributed by atoms with van der Waals surface area (Å²) in [6, 6.07) is 10.4. The molecule has 0 bridgehead atoms. The van der Waals surface area contributed by atoms with Crippen molar-refractivity contribution < 1.29 is 4.74 Å². The molecule has 0 saturated carbocycles. The van der Waals surface area contributed by atoms with Crippen LogP contribution in [0.4, 0.5) is 0 Å². The number of hydrogen-bond donors (Lipinski definition) is 1. The predicted molar refractivity (Wildman–Crippen MR) is 85.2 cm³/mol. The number of ether oxygens (including phenoxy) is 1. The van der Waals surface area contributed by atoms with Gasteiger partial charge < -0.3 is 10.5 Å². The van der Waals surface area contributed by atoms with Crippen LogP contribution in [0.2, 0.25) is 0 Å². The summed E-state index contributed by atoms with van der Waals surface area (Å²) in [6.45, 7) is 6.87. The molecule has 1 aromatic heterocycles. The molecule has 0 aliphatic carbocycles. The van der Waals surface area contributed by atoms with Crippen LogP contribution in [0.5, 0.6) is 5.75 Å². The monoisotopic (exact) mass is 287 g/mol. The number of nitrogens with zero attached hydrogens (tertiary/aromatic N) is 2. The molecule has 0 aliphatic rings. The SMILES string of the molecule is CCC(N)c1ccccc1OCc1ccn(C(C)CC)n1. The van der Waals surface area contributed by atoms with E-state index in [1.54, 1.807) is 0 Å². The van der Waals surface area contributed by atoms with Crippen molar-refractivity contribution in [1.82, 2.24) is 9.78 Å². The van der Waals surface area contributed by atoms with Crippen LogP contribution in [0.15, 0.2) is 36.5 Å². The Morgan fingerprint density at radius 1 is 1.19 bits per heavy atom. The van der Waals surface area contributed by atoms with Gasteiger partial charge in [-0.25, -0.2) is 0 Å². The Balaban J connectivity index is 2.05. The van der Waals surface area contributed by atoms with Crippen LogP contribution in [-0.4, -0.2) is 9.78 Å². The van der Waals surface area contributed by atoms with E-state index in [1.807, 2.05) is 41.2 Å². The van der Waals surface area contributed by atoms with Gasteiger partial charge in [-0.15, -0.1) is 0 Å². The molecule has 114 valence electrons. The highest BCUT2D eigenvalue weighted by atomic mass is 16.5. The van der Waals surface area contributed by atoms with E-state index < -0.39 is 0 Å². The van der Waals surface area contributed by atoms with Crippen molar-refractivity contribution in [3.05, 3.63) is 47.8 Å². The van der Waals surface area contributed by atoms with Gasteiger partial charge in [0.25, 0.3) is 0 Å². The minimum absolute atomic E-state index is 0.0128. The lowest BCUT2D eigenvalue weighted by molar-refractivity contribution is 0.293. The average Bonchev–Trinajstić information content (AvgIpc) is 3.00. The Hall–Kier alpha value is -1.81. The maximum Gasteiger partial charge on any atom is 0.132 e. The third-order valence-corrected chi connectivity index (χ3v) is 3.84. The molecule has 0 fully saturated rings. The highest BCUT2D eigenvalue weighted by Crippen LogP contribution is 2.26. The zero-order valence-electron chi connectivity index (χ0n) is 13.1. The number of para-hydroxylation sites is 1. The first-order valence-electron chi connectivity index (χ1n) is 7.67. The summed E-state index contributed by atoms with van der Waals surface area (Å²) >= 11 is 0. The first kappa shape index (κ1) is 15.6. The molecule has 4 nitrogen and oxygen atoms in total. The van der Waals surface area contributed by atoms with Gasteiger partial charge in [0.15, 0.2) is 0 Å². The molecule has 2 atom stereocenters. The summed E-state index contributed by atoms with van der Waals surface area (Å²) in [5.41, 5.74) is 8.12. The highest BCUT2D eigenvalue weighted by molar-refractivity contribution is 5.35. The molecule has 1 heterocycles. The van der Waals surface area contributed by atoms with Gasteiger partial charge in [-0.05, 0) is 31.9 Å². The van der Waals surface area contributed by atoms with Crippen LogP contribution in [0.1, 0.15) is 57.0 Å². The number of rotatable bonds is 7. The molecule has 1 aromatic carbocycles. The second kappa shape index (κ2) is 7.27. The minimum Gasteiger partial charge on any atom is -0.487 e. The van der Waals surface area contributed by atoms with E-state index in [1.165, 1.54) is 0 Å². The third-order valence-electron chi connectivity index (χ3n) is 3.84. The third kappa shape index (κ3) is 3.85. The molecule has 4 heteroatoms. The molecular weight excluding hydrogens is 262 g/mol. The topological polar surface area (TPSA) is 53.1 Å². The zero-order valence-corrected chi connectivity index (χ0v) is 13.1. The predicted octanol–water partition coefficient (Wildman–Crippen LogP) is 3.84. The van der Waals surface area contributed by atoms with Gasteiger partial charge >= 0.3 is 0 Å². The Kier molecular flexibility index (Phi) is 5.39. The zero-order chi connectivity index (χ0) is 15.2. The van der Waals surface area contributed by atoms with Crippen LogP contribution < -0.4 is 10.5 Å². The van der Waals surface area contributed by atoms with E-state index >= 15 is 0 Å². The van der Waals surface area contributed by atoms with Gasteiger partial charge in [0.1, 0.15) is 12.4 Å². The van der Waals surface area contributed by atoms with Gasteiger partial charge in [0, 0.05) is 23.8 Å². The van der Waals surface area contributed by atoms with Gasteiger partial charge in [-0.1, -0.05) is 32.0 Å². The molecular formula is C17H25N3O. The molecule has 2 unspecified atom stereocenters. The first-order valence-corrected chi connectivity index (χ1v) is 7.67. The van der Waals surface area contributed by atoms with E-state index in [9.17, 15) is 0 Å². The first-order chi connectivity index (χ1) is 10.2. The van der Waals surface area contributed by atoms with Crippen molar-refractivity contribution in [1.29, 1.82) is 0 Å². The summed E-state index contributed by atoms with van der Waals surface area (Å²) < 4.78 is 7.91. The van der Waals surface area contributed by atoms with Crippen molar-refractivity contribution in [2.24, 2.45) is 5.73 Å². The maximum absolute atomic E-state index is 6.13. The van der Waals surface area contributed by atoms with E-state index in [0.29, 0.717) is 12.6 Å². The van der Waals surface area contributed by atoms with Crippen LogP contribution in [-0.2, 0) is 6.61 Å². The van der Waals surface area contributed by atoms with Crippen LogP contribution in [0, 0.1) is 0 Å². The largest absolute Gasteiger partial charge is 0.487 e. The Bertz CT molecular complexity index is 565. The molecule has 0 spiro atoms. The lowest BCUT2D eigenvalue weighted by atomic mass is 10.0. The molecule has 21 heavy (non-hydrogen) atoms. The Morgan fingerprint density at radius 3 is 2.67 bits per heavy atom. The van der Waals surface area contributed by atoms with Crippen molar-refractivity contribution in [2.75, 3.05) is 0 Å². The van der Waals surface area contributed by atoms with Gasteiger partial charge in [0.2, 0.25) is 0 Å². The van der Waals surface area contributed by atoms with Crippen molar-refractivity contribution in [3.8, 4) is 5.75 Å². The lowest BCUT2D eigenvalue weighted by Crippen LogP contribution is -2.11. The second-order valence-corrected chi connectivity index (χ2v) is 5.39. The lowest BCUT2D eigenvalue weighted by Gasteiger charge is -2.15. The van der Waals surface area contributed by atoms with Crippen LogP contribution in [0.3, 0.4) is 0 Å². The normalized spacial score (nSPS) is 13.9. The smallest absolute Gasteiger partial charge is 0.132 e. The standard InChI is InChI=1S/C17H25N3O/c1-4-13(3)20-11-10-14(19-20)12-21-17-9-7-6-8-15(17)16(18)5-2/h6-11,13,16H,4-5,12,18H2,1-3H3. The summed E-state index contributed by atoms with van der Waals surface area (Å²) in [4.78, 5) is 0. The van der Waals surface area contributed by atoms with Crippen molar-refractivity contribution >= 4 is 0 Å². The molecule has 2 N–H and O–H groups in total. The Morgan fingerprint density at radius 2 is 1.95 bits per heavy atom. The maximum atomic E-state index is 6.13. The summed E-state index contributed by atoms with van der Waals surface area (Å²) in [5, 5.41) is 4.55. The fourth-order valence-electron chi connectivity index (χ4n) is 2.18. The Labute approximate surface area is 126 Å². The molecule has 0 radical (unpaired) electrons. The molecule has 0 amide bonds. The molecule has 0 aliphatic heterocycles. The molecule has 2 aromatic rings. The van der Waals surface area contributed by atoms with Crippen molar-refractivity contribution in [2.45, 2.75) is 52.3 Å². The van der Waals surface area contributed by atoms with Gasteiger partial charge in [0.05, 0.1) is 5.69 Å². The number of benzene rings is 1. The second-order valence-electron chi connectivity index (χ2n) is 5.39. The van der Waals surface area contributed by atoms with Gasteiger partial charge in [-0.2, -0.15) is 5.10 Å². The number of nitrogens with two attached hydrogens (primary N) is 1. The minimum atomic E-state index is 0.0128. The van der Waals surface area contributed by atoms with Gasteiger partial charge in [-0.3, -0.25) is 4.68 Å². The number of aromatic nitrogens is 2. The van der Waals surface area contributed by atoms with E-state index in [2.05, 4.69) is 25.9 Å². The quantitative estimate of drug-likeness (QED) is 0.841. The summed E-state index contributed by atoms with van der Waals surface area (Å²) in [5.74, 6) is 0.852. The highest BCUT2D eigenvalue weighted by Gasteiger charge is 2.11. The average molecular weight is 287 g/mol. The number of hydrogen-bond acceptors (Lipinski definition) is 3. The van der Waals surface area contributed by atoms with E-state index in [-0.39, 0.29) is 6.04 Å². The van der Waals surface area contributed by atoms with Crippen LogP contribution in [0.25, 0.3) is 0 Å². The summed E-state index contributed by atoms with van der Waals surface area (Å²) in [7, 11) is 0. The molecule has 0 saturated heterocycles. The fraction of sp³-hybridized carbons (Fsp3) is 0.471. The van der Waals surface area contributed by atoms with Crippen molar-refractivity contribution in [3.63, 3.8) is 0 Å².